The van der Waals surface area contributed by atoms with E-state index in [4.69, 9.17) is 0 Å². The van der Waals surface area contributed by atoms with Crippen molar-refractivity contribution in [2.45, 2.75) is 39.5 Å². The Bertz CT molecular complexity index is 1200. The van der Waals surface area contributed by atoms with E-state index in [1.165, 1.54) is 28.6 Å². The van der Waals surface area contributed by atoms with E-state index in [1.807, 2.05) is 32.0 Å². The summed E-state index contributed by atoms with van der Waals surface area (Å²) >= 11 is 0. The minimum absolute atomic E-state index is 0.176. The Balaban J connectivity index is 1.81. The molecule has 0 aromatic heterocycles. The first-order valence-corrected chi connectivity index (χ1v) is 11.8. The van der Waals surface area contributed by atoms with Gasteiger partial charge in [0.05, 0.1) is 17.5 Å². The standard InChI is InChI=1S/C25H27FN2O3S/c1-17(2)32(30,31)28(24-14-5-18(3)19(4)15-24)16-20-6-12-23(13-7-20)27-25(29)21-8-10-22(26)11-9-21/h5-15,17H,16H2,1-4H3,(H,27,29). The third-order valence-electron chi connectivity index (χ3n) is 5.33. The number of aryl methyl sites for hydroxylation is 2. The van der Waals surface area contributed by atoms with Crippen molar-refractivity contribution < 1.29 is 17.6 Å². The molecule has 7 heteroatoms. The maximum Gasteiger partial charge on any atom is 0.255 e. The van der Waals surface area contributed by atoms with E-state index in [1.54, 1.807) is 38.1 Å². The average molecular weight is 455 g/mol. The van der Waals surface area contributed by atoms with Gasteiger partial charge in [0.2, 0.25) is 10.0 Å². The Morgan fingerprint density at radius 2 is 1.56 bits per heavy atom. The SMILES string of the molecule is Cc1ccc(N(Cc2ccc(NC(=O)c3ccc(F)cc3)cc2)S(=O)(=O)C(C)C)cc1C. The summed E-state index contributed by atoms with van der Waals surface area (Å²) in [5, 5.41) is 2.19. The minimum atomic E-state index is -3.56. The van der Waals surface area contributed by atoms with Crippen LogP contribution >= 0.6 is 0 Å². The van der Waals surface area contributed by atoms with Crippen molar-refractivity contribution in [2.24, 2.45) is 0 Å². The van der Waals surface area contributed by atoms with Gasteiger partial charge in [0.1, 0.15) is 5.82 Å². The summed E-state index contributed by atoms with van der Waals surface area (Å²) in [6, 6.07) is 17.9. The molecule has 1 amide bonds. The first-order chi connectivity index (χ1) is 15.1. The third kappa shape index (κ3) is 5.34. The lowest BCUT2D eigenvalue weighted by molar-refractivity contribution is 0.102. The number of hydrogen-bond acceptors (Lipinski definition) is 3. The Hall–Kier alpha value is -3.19. The van der Waals surface area contributed by atoms with Crippen LogP contribution in [0.15, 0.2) is 66.7 Å². The van der Waals surface area contributed by atoms with Crippen molar-refractivity contribution in [1.29, 1.82) is 0 Å². The number of nitrogens with one attached hydrogen (secondary N) is 1. The molecule has 0 fully saturated rings. The van der Waals surface area contributed by atoms with Gasteiger partial charge in [-0.25, -0.2) is 12.8 Å². The van der Waals surface area contributed by atoms with E-state index in [9.17, 15) is 17.6 Å². The molecule has 0 unspecified atom stereocenters. The van der Waals surface area contributed by atoms with E-state index in [2.05, 4.69) is 5.32 Å². The average Bonchev–Trinajstić information content (AvgIpc) is 2.75. The molecule has 3 rings (SSSR count). The van der Waals surface area contributed by atoms with Crippen molar-refractivity contribution in [2.75, 3.05) is 9.62 Å². The number of hydrogen-bond donors (Lipinski definition) is 1. The van der Waals surface area contributed by atoms with Crippen molar-refractivity contribution in [3.05, 3.63) is 94.8 Å². The molecule has 0 heterocycles. The van der Waals surface area contributed by atoms with Gasteiger partial charge in [-0.1, -0.05) is 18.2 Å². The molecule has 32 heavy (non-hydrogen) atoms. The number of rotatable bonds is 7. The zero-order chi connectivity index (χ0) is 23.5. The van der Waals surface area contributed by atoms with Gasteiger partial charge < -0.3 is 5.32 Å². The first-order valence-electron chi connectivity index (χ1n) is 10.3. The summed E-state index contributed by atoms with van der Waals surface area (Å²) in [5.41, 5.74) is 4.43. The summed E-state index contributed by atoms with van der Waals surface area (Å²) in [5.74, 6) is -0.757. The lowest BCUT2D eigenvalue weighted by Crippen LogP contribution is -2.36. The molecule has 5 nitrogen and oxygen atoms in total. The van der Waals surface area contributed by atoms with Gasteiger partial charge in [0, 0.05) is 11.3 Å². The first kappa shape index (κ1) is 23.5. The van der Waals surface area contributed by atoms with Gasteiger partial charge in [-0.3, -0.25) is 9.10 Å². The molecule has 0 radical (unpaired) electrons. The Morgan fingerprint density at radius 3 is 2.12 bits per heavy atom. The molecule has 3 aromatic carbocycles. The maximum atomic E-state index is 13.1. The summed E-state index contributed by atoms with van der Waals surface area (Å²) in [7, 11) is -3.56. The summed E-state index contributed by atoms with van der Waals surface area (Å²) < 4.78 is 40.6. The molecule has 1 N–H and O–H groups in total. The molecule has 3 aromatic rings. The van der Waals surface area contributed by atoms with Gasteiger partial charge in [-0.15, -0.1) is 0 Å². The van der Waals surface area contributed by atoms with Crippen LogP contribution in [0.2, 0.25) is 0 Å². The quantitative estimate of drug-likeness (QED) is 0.517. The highest BCUT2D eigenvalue weighted by molar-refractivity contribution is 7.93. The van der Waals surface area contributed by atoms with Crippen LogP contribution in [0.1, 0.15) is 40.9 Å². The molecular formula is C25H27FN2O3S. The lowest BCUT2D eigenvalue weighted by Gasteiger charge is -2.27. The van der Waals surface area contributed by atoms with Crippen LogP contribution in [0.25, 0.3) is 0 Å². The topological polar surface area (TPSA) is 66.5 Å². The zero-order valence-electron chi connectivity index (χ0n) is 18.6. The van der Waals surface area contributed by atoms with Crippen LogP contribution in [0.3, 0.4) is 0 Å². The minimum Gasteiger partial charge on any atom is -0.322 e. The van der Waals surface area contributed by atoms with E-state index >= 15 is 0 Å². The molecule has 0 aliphatic rings. The van der Waals surface area contributed by atoms with Crippen LogP contribution in [0, 0.1) is 19.7 Å². The Kier molecular flexibility index (Phi) is 6.99. The van der Waals surface area contributed by atoms with Crippen LogP contribution in [-0.4, -0.2) is 19.6 Å². The second kappa shape index (κ2) is 9.53. The predicted molar refractivity (Wildman–Crippen MR) is 127 cm³/mol. The highest BCUT2D eigenvalue weighted by atomic mass is 32.2. The molecular weight excluding hydrogens is 427 g/mol. The van der Waals surface area contributed by atoms with Crippen molar-refractivity contribution in [1.82, 2.24) is 0 Å². The number of nitrogens with zero attached hydrogens (tertiary/aromatic N) is 1. The molecule has 0 saturated heterocycles. The Labute approximate surface area is 188 Å². The molecule has 0 saturated carbocycles. The van der Waals surface area contributed by atoms with Crippen molar-refractivity contribution >= 4 is 27.3 Å². The summed E-state index contributed by atoms with van der Waals surface area (Å²) in [6.07, 6.45) is 0. The number of carbonyl (C=O) groups is 1. The van der Waals surface area contributed by atoms with E-state index in [0.717, 1.165) is 16.7 Å². The predicted octanol–water partition coefficient (Wildman–Crippen LogP) is 5.44. The number of sulfonamides is 1. The van der Waals surface area contributed by atoms with Crippen molar-refractivity contribution in [3.63, 3.8) is 0 Å². The lowest BCUT2D eigenvalue weighted by atomic mass is 10.1. The van der Waals surface area contributed by atoms with Crippen LogP contribution < -0.4 is 9.62 Å². The fourth-order valence-corrected chi connectivity index (χ4v) is 4.37. The second-order valence-electron chi connectivity index (χ2n) is 8.03. The smallest absolute Gasteiger partial charge is 0.255 e. The molecule has 0 spiro atoms. The Morgan fingerprint density at radius 1 is 0.938 bits per heavy atom. The molecule has 168 valence electrons. The number of halogens is 1. The maximum absolute atomic E-state index is 13.1. The number of amides is 1. The largest absolute Gasteiger partial charge is 0.322 e. The van der Waals surface area contributed by atoms with E-state index in [-0.39, 0.29) is 12.5 Å². The van der Waals surface area contributed by atoms with Crippen LogP contribution in [0.5, 0.6) is 0 Å². The fourth-order valence-electron chi connectivity index (χ4n) is 3.13. The summed E-state index contributed by atoms with van der Waals surface area (Å²) in [4.78, 5) is 12.3. The van der Waals surface area contributed by atoms with Gasteiger partial charge in [0.25, 0.3) is 5.91 Å². The third-order valence-corrected chi connectivity index (χ3v) is 7.47. The van der Waals surface area contributed by atoms with Gasteiger partial charge in [-0.05, 0) is 92.9 Å². The summed E-state index contributed by atoms with van der Waals surface area (Å²) in [6.45, 7) is 7.45. The molecule has 0 atom stereocenters. The molecule has 0 bridgehead atoms. The van der Waals surface area contributed by atoms with Gasteiger partial charge >= 0.3 is 0 Å². The second-order valence-corrected chi connectivity index (χ2v) is 10.4. The van der Waals surface area contributed by atoms with Gasteiger partial charge in [0.15, 0.2) is 0 Å². The van der Waals surface area contributed by atoms with E-state index < -0.39 is 21.1 Å². The van der Waals surface area contributed by atoms with Crippen molar-refractivity contribution in [3.8, 4) is 0 Å². The number of carbonyl (C=O) groups excluding carboxylic acids is 1. The van der Waals surface area contributed by atoms with E-state index in [0.29, 0.717) is 16.9 Å². The normalized spacial score (nSPS) is 11.4. The highest BCUT2D eigenvalue weighted by Gasteiger charge is 2.26. The monoisotopic (exact) mass is 454 g/mol. The molecule has 0 aliphatic heterocycles. The highest BCUT2D eigenvalue weighted by Crippen LogP contribution is 2.26. The number of anilines is 2. The molecule has 0 aliphatic carbocycles. The zero-order valence-corrected chi connectivity index (χ0v) is 19.4. The van der Waals surface area contributed by atoms with Gasteiger partial charge in [-0.2, -0.15) is 0 Å². The van der Waals surface area contributed by atoms with Crippen LogP contribution in [-0.2, 0) is 16.6 Å². The fraction of sp³-hybridized carbons (Fsp3) is 0.240. The van der Waals surface area contributed by atoms with Crippen LogP contribution in [0.4, 0.5) is 15.8 Å². The number of benzene rings is 3.